The lowest BCUT2D eigenvalue weighted by molar-refractivity contribution is -0.108. The molecule has 0 radical (unpaired) electrons. The monoisotopic (exact) mass is 325 g/mol. The number of nitrogens with one attached hydrogen (secondary N) is 4. The van der Waals surface area contributed by atoms with Gasteiger partial charge in [-0.1, -0.05) is 24.3 Å². The molecule has 0 spiro atoms. The van der Waals surface area contributed by atoms with E-state index in [4.69, 9.17) is 10.8 Å². The van der Waals surface area contributed by atoms with Crippen molar-refractivity contribution >= 4 is 18.0 Å². The number of amidine groups is 1. The fraction of sp³-hybridized carbons (Fsp3) is 0.0588. The number of rotatable bonds is 7. The molecular formula is C17H16FN5O. The molecular weight excluding hydrogens is 309 g/mol. The molecule has 1 amide bonds. The molecule has 1 aromatic heterocycles. The molecule has 2 aromatic rings. The molecule has 122 valence electrons. The maximum Gasteiger partial charge on any atom is 0.212 e. The Morgan fingerprint density at radius 3 is 2.58 bits per heavy atom. The minimum absolute atomic E-state index is 0.0593. The molecule has 1 heterocycles. The van der Waals surface area contributed by atoms with Crippen molar-refractivity contribution < 1.29 is 9.18 Å². The number of halogens is 1. The second-order valence-electron chi connectivity index (χ2n) is 4.77. The maximum atomic E-state index is 13.7. The van der Waals surface area contributed by atoms with Crippen LogP contribution in [0.4, 0.5) is 4.39 Å². The third-order valence-electron chi connectivity index (χ3n) is 3.13. The molecule has 1 aromatic carbocycles. The highest BCUT2D eigenvalue weighted by atomic mass is 19.1. The Hall–Kier alpha value is -3.35. The largest absolute Gasteiger partial charge is 0.378 e. The Labute approximate surface area is 138 Å². The van der Waals surface area contributed by atoms with E-state index >= 15 is 0 Å². The van der Waals surface area contributed by atoms with Crippen LogP contribution in [0.3, 0.4) is 0 Å². The van der Waals surface area contributed by atoms with Crippen molar-refractivity contribution in [1.82, 2.24) is 15.6 Å². The van der Waals surface area contributed by atoms with Gasteiger partial charge in [0.1, 0.15) is 11.7 Å². The first-order valence-corrected chi connectivity index (χ1v) is 7.10. The molecule has 0 aliphatic heterocycles. The number of aromatic nitrogens is 1. The summed E-state index contributed by atoms with van der Waals surface area (Å²) in [5, 5.41) is 21.0. The number of hydrogen-bond acceptors (Lipinski definition) is 5. The average Bonchev–Trinajstić information content (AvgIpc) is 2.60. The minimum Gasteiger partial charge on any atom is -0.378 e. The Morgan fingerprint density at radius 1 is 1.17 bits per heavy atom. The van der Waals surface area contributed by atoms with E-state index in [2.05, 4.69) is 15.6 Å². The third-order valence-corrected chi connectivity index (χ3v) is 3.13. The van der Waals surface area contributed by atoms with Gasteiger partial charge in [-0.15, -0.1) is 0 Å². The van der Waals surface area contributed by atoms with Gasteiger partial charge < -0.3 is 10.6 Å². The van der Waals surface area contributed by atoms with Crippen molar-refractivity contribution in [2.75, 3.05) is 0 Å². The summed E-state index contributed by atoms with van der Waals surface area (Å²) in [6.45, 7) is 0.108. The van der Waals surface area contributed by atoms with Crippen LogP contribution < -0.4 is 10.6 Å². The summed E-state index contributed by atoms with van der Waals surface area (Å²) in [6, 6.07) is 11.4. The predicted molar refractivity (Wildman–Crippen MR) is 89.3 cm³/mol. The van der Waals surface area contributed by atoms with E-state index < -0.39 is 0 Å². The van der Waals surface area contributed by atoms with Gasteiger partial charge in [0, 0.05) is 18.3 Å². The fourth-order valence-corrected chi connectivity index (χ4v) is 1.92. The molecule has 0 aliphatic rings. The Morgan fingerprint density at radius 2 is 1.92 bits per heavy atom. The summed E-state index contributed by atoms with van der Waals surface area (Å²) >= 11 is 0. The summed E-state index contributed by atoms with van der Waals surface area (Å²) in [5.74, 6) is -0.596. The normalized spacial score (nSPS) is 10.8. The van der Waals surface area contributed by atoms with Gasteiger partial charge in [-0.3, -0.25) is 20.6 Å². The molecule has 24 heavy (non-hydrogen) atoms. The molecule has 4 N–H and O–H groups in total. The molecule has 0 saturated carbocycles. The SMILES string of the molecule is N=C(NC=O)/C(=C/C(=N)c1ccccn1)NCc1ccccc1F. The van der Waals surface area contributed by atoms with Crippen molar-refractivity contribution in [2.45, 2.75) is 6.54 Å². The summed E-state index contributed by atoms with van der Waals surface area (Å²) in [7, 11) is 0. The highest BCUT2D eigenvalue weighted by Crippen LogP contribution is 2.07. The lowest BCUT2D eigenvalue weighted by Gasteiger charge is -2.12. The Bertz CT molecular complexity index is 774. The van der Waals surface area contributed by atoms with Crippen LogP contribution in [0.5, 0.6) is 0 Å². The minimum atomic E-state index is -0.376. The van der Waals surface area contributed by atoms with Crippen LogP contribution in [0.25, 0.3) is 0 Å². The second-order valence-corrected chi connectivity index (χ2v) is 4.77. The summed E-state index contributed by atoms with van der Waals surface area (Å²) in [4.78, 5) is 14.6. The van der Waals surface area contributed by atoms with Crippen molar-refractivity contribution in [3.8, 4) is 0 Å². The third kappa shape index (κ3) is 4.57. The van der Waals surface area contributed by atoms with Gasteiger partial charge >= 0.3 is 0 Å². The first-order chi connectivity index (χ1) is 11.6. The van der Waals surface area contributed by atoms with Crippen molar-refractivity contribution in [1.29, 1.82) is 10.8 Å². The fourth-order valence-electron chi connectivity index (χ4n) is 1.92. The van der Waals surface area contributed by atoms with Gasteiger partial charge in [-0.25, -0.2) is 4.39 Å². The van der Waals surface area contributed by atoms with Crippen LogP contribution in [-0.4, -0.2) is 22.9 Å². The molecule has 0 bridgehead atoms. The van der Waals surface area contributed by atoms with Crippen molar-refractivity contribution in [2.24, 2.45) is 0 Å². The van der Waals surface area contributed by atoms with E-state index in [9.17, 15) is 9.18 Å². The quantitative estimate of drug-likeness (QED) is 0.356. The van der Waals surface area contributed by atoms with Crippen molar-refractivity contribution in [3.05, 3.63) is 77.5 Å². The number of carbonyl (C=O) groups is 1. The maximum absolute atomic E-state index is 13.7. The van der Waals surface area contributed by atoms with E-state index in [1.54, 1.807) is 42.6 Å². The molecule has 0 saturated heterocycles. The lowest BCUT2D eigenvalue weighted by atomic mass is 10.1. The van der Waals surface area contributed by atoms with Gasteiger partial charge in [0.05, 0.1) is 17.1 Å². The van der Waals surface area contributed by atoms with E-state index in [1.807, 2.05) is 0 Å². The van der Waals surface area contributed by atoms with Crippen molar-refractivity contribution in [3.63, 3.8) is 0 Å². The molecule has 0 aliphatic carbocycles. The second kappa shape index (κ2) is 8.33. The van der Waals surface area contributed by atoms with Gasteiger partial charge in [-0.05, 0) is 24.3 Å². The number of benzene rings is 1. The highest BCUT2D eigenvalue weighted by molar-refractivity contribution is 6.11. The zero-order chi connectivity index (χ0) is 17.4. The first kappa shape index (κ1) is 17.0. The van der Waals surface area contributed by atoms with Gasteiger partial charge in [0.2, 0.25) is 6.41 Å². The van der Waals surface area contributed by atoms with Crippen LogP contribution in [0.15, 0.2) is 60.4 Å². The number of amides is 1. The summed E-state index contributed by atoms with van der Waals surface area (Å²) < 4.78 is 13.7. The van der Waals surface area contributed by atoms with Gasteiger partial charge in [0.25, 0.3) is 0 Å². The smallest absolute Gasteiger partial charge is 0.212 e. The molecule has 2 rings (SSSR count). The number of carbonyl (C=O) groups excluding carboxylic acids is 1. The Balaban J connectivity index is 2.20. The first-order valence-electron chi connectivity index (χ1n) is 7.10. The number of hydrogen-bond donors (Lipinski definition) is 4. The molecule has 0 atom stereocenters. The average molecular weight is 325 g/mol. The summed E-state index contributed by atoms with van der Waals surface area (Å²) in [5.41, 5.74) is 1.07. The van der Waals surface area contributed by atoms with Gasteiger partial charge in [-0.2, -0.15) is 0 Å². The predicted octanol–water partition coefficient (Wildman–Crippen LogP) is 1.99. The van der Waals surface area contributed by atoms with Crippen LogP contribution in [0.1, 0.15) is 11.3 Å². The van der Waals surface area contributed by atoms with Gasteiger partial charge in [0.15, 0.2) is 0 Å². The molecule has 6 nitrogen and oxygen atoms in total. The van der Waals surface area contributed by atoms with E-state index in [-0.39, 0.29) is 29.6 Å². The van der Waals surface area contributed by atoms with E-state index in [0.29, 0.717) is 17.7 Å². The van der Waals surface area contributed by atoms with Crippen LogP contribution >= 0.6 is 0 Å². The van der Waals surface area contributed by atoms with Crippen LogP contribution in [-0.2, 0) is 11.3 Å². The number of allylic oxidation sites excluding steroid dienone is 1. The van der Waals surface area contributed by atoms with Crippen LogP contribution in [0.2, 0.25) is 0 Å². The molecule has 7 heteroatoms. The Kier molecular flexibility index (Phi) is 5.90. The number of nitrogens with zero attached hydrogens (tertiary/aromatic N) is 1. The van der Waals surface area contributed by atoms with Crippen LogP contribution in [0, 0.1) is 16.6 Å². The van der Waals surface area contributed by atoms with E-state index in [0.717, 1.165) is 0 Å². The highest BCUT2D eigenvalue weighted by Gasteiger charge is 2.09. The summed E-state index contributed by atoms with van der Waals surface area (Å²) in [6.07, 6.45) is 3.28. The number of pyridine rings is 1. The molecule has 0 fully saturated rings. The lowest BCUT2D eigenvalue weighted by Crippen LogP contribution is -2.31. The molecule has 0 unspecified atom stereocenters. The topological polar surface area (TPSA) is 102 Å². The van der Waals surface area contributed by atoms with E-state index in [1.165, 1.54) is 12.1 Å². The zero-order valence-electron chi connectivity index (χ0n) is 12.7. The standard InChI is InChI=1S/C17H16FN5O/c18-13-6-2-1-5-12(13)10-22-16(17(20)23-11-24)9-14(19)15-7-3-4-8-21-15/h1-9,11,19,22H,10H2,(H2,20,23,24)/b16-9-,19-14?. The zero-order valence-corrected chi connectivity index (χ0v) is 12.7.